The van der Waals surface area contributed by atoms with Crippen molar-refractivity contribution in [3.05, 3.63) is 46.8 Å². The molecule has 2 N–H and O–H groups in total. The van der Waals surface area contributed by atoms with E-state index >= 15 is 0 Å². The van der Waals surface area contributed by atoms with Crippen molar-refractivity contribution >= 4 is 0 Å². The van der Waals surface area contributed by atoms with Gasteiger partial charge < -0.3 is 15.2 Å². The Balaban J connectivity index is 2.47. The molecule has 0 amide bonds. The summed E-state index contributed by atoms with van der Waals surface area (Å²) in [6, 6.07) is 5.78. The highest BCUT2D eigenvalue weighted by Crippen LogP contribution is 2.28. The molecule has 1 atom stereocenters. The number of nitrogens with zero attached hydrogens (tertiary/aromatic N) is 2. The zero-order chi connectivity index (χ0) is 14.7. The van der Waals surface area contributed by atoms with Gasteiger partial charge in [-0.05, 0) is 25.0 Å². The van der Waals surface area contributed by atoms with Crippen molar-refractivity contribution in [2.24, 2.45) is 5.73 Å². The number of ether oxygens (including phenoxy) is 2. The van der Waals surface area contributed by atoms with Crippen LogP contribution in [0, 0.1) is 13.8 Å². The lowest BCUT2D eigenvalue weighted by Crippen LogP contribution is -2.17. The molecular weight excluding hydrogens is 254 g/mol. The molecule has 2 aromatic rings. The molecule has 0 saturated heterocycles. The van der Waals surface area contributed by atoms with E-state index in [1.54, 1.807) is 13.3 Å². The Bertz CT molecular complexity index is 614. The zero-order valence-corrected chi connectivity index (χ0v) is 12.2. The first kappa shape index (κ1) is 14.3. The molecule has 0 aliphatic heterocycles. The van der Waals surface area contributed by atoms with Crippen LogP contribution in [-0.2, 0) is 0 Å². The summed E-state index contributed by atoms with van der Waals surface area (Å²) in [5, 5.41) is 0. The lowest BCUT2D eigenvalue weighted by Gasteiger charge is -2.17. The van der Waals surface area contributed by atoms with Gasteiger partial charge in [-0.15, -0.1) is 0 Å². The summed E-state index contributed by atoms with van der Waals surface area (Å²) >= 11 is 0. The number of rotatable bonds is 4. The molecular formula is C15H19N3O2. The topological polar surface area (TPSA) is 70.3 Å². The van der Waals surface area contributed by atoms with Crippen molar-refractivity contribution < 1.29 is 9.47 Å². The van der Waals surface area contributed by atoms with Crippen molar-refractivity contribution in [1.29, 1.82) is 0 Å². The zero-order valence-electron chi connectivity index (χ0n) is 12.2. The monoisotopic (exact) mass is 273 g/mol. The van der Waals surface area contributed by atoms with Crippen LogP contribution >= 0.6 is 0 Å². The first-order chi connectivity index (χ1) is 9.56. The van der Waals surface area contributed by atoms with Gasteiger partial charge >= 0.3 is 0 Å². The Morgan fingerprint density at radius 3 is 2.55 bits per heavy atom. The second kappa shape index (κ2) is 5.88. The van der Waals surface area contributed by atoms with Crippen LogP contribution in [-0.4, -0.2) is 24.2 Å². The molecule has 5 heteroatoms. The molecule has 0 spiro atoms. The summed E-state index contributed by atoms with van der Waals surface area (Å²) in [6.45, 7) is 4.06. The fourth-order valence-electron chi connectivity index (χ4n) is 2.07. The first-order valence-electron chi connectivity index (χ1n) is 6.34. The third-order valence-corrected chi connectivity index (χ3v) is 3.21. The summed E-state index contributed by atoms with van der Waals surface area (Å²) < 4.78 is 10.3. The average Bonchev–Trinajstić information content (AvgIpc) is 2.48. The van der Waals surface area contributed by atoms with Crippen molar-refractivity contribution in [3.63, 3.8) is 0 Å². The third-order valence-electron chi connectivity index (χ3n) is 3.21. The van der Waals surface area contributed by atoms with Gasteiger partial charge in [-0.1, -0.05) is 23.8 Å². The van der Waals surface area contributed by atoms with Gasteiger partial charge in [0.05, 0.1) is 26.5 Å². The van der Waals surface area contributed by atoms with E-state index in [0.717, 1.165) is 16.7 Å². The van der Waals surface area contributed by atoms with Crippen LogP contribution in [0.25, 0.3) is 0 Å². The van der Waals surface area contributed by atoms with Crippen molar-refractivity contribution in [3.8, 4) is 11.8 Å². The Morgan fingerprint density at radius 2 is 1.90 bits per heavy atom. The highest BCUT2D eigenvalue weighted by atomic mass is 16.5. The largest absolute Gasteiger partial charge is 0.480 e. The summed E-state index contributed by atoms with van der Waals surface area (Å²) in [5.41, 5.74) is 10.2. The van der Waals surface area contributed by atoms with E-state index in [2.05, 4.69) is 22.1 Å². The minimum absolute atomic E-state index is 0.386. The van der Waals surface area contributed by atoms with Gasteiger partial charge in [0.25, 0.3) is 0 Å². The molecule has 1 aromatic heterocycles. The smallest absolute Gasteiger partial charge is 0.240 e. The van der Waals surface area contributed by atoms with Crippen molar-refractivity contribution in [2.45, 2.75) is 19.9 Å². The molecule has 20 heavy (non-hydrogen) atoms. The van der Waals surface area contributed by atoms with Crippen LogP contribution in [0.2, 0.25) is 0 Å². The summed E-state index contributed by atoms with van der Waals surface area (Å²) in [5.74, 6) is 0.788. The minimum atomic E-state index is -0.386. The highest BCUT2D eigenvalue weighted by Gasteiger charge is 2.19. The van der Waals surface area contributed by atoms with E-state index in [1.165, 1.54) is 7.11 Å². The Labute approximate surface area is 118 Å². The SMILES string of the molecule is COc1cnc(C(N)c2cc(C)ccc2C)c(OC)n1. The molecule has 1 unspecified atom stereocenters. The lowest BCUT2D eigenvalue weighted by molar-refractivity contribution is 0.355. The number of aromatic nitrogens is 2. The molecule has 0 aliphatic rings. The van der Waals surface area contributed by atoms with Crippen molar-refractivity contribution in [1.82, 2.24) is 9.97 Å². The predicted molar refractivity (Wildman–Crippen MR) is 77.1 cm³/mol. The quantitative estimate of drug-likeness (QED) is 0.924. The molecule has 0 radical (unpaired) electrons. The lowest BCUT2D eigenvalue weighted by atomic mass is 9.97. The molecule has 0 bridgehead atoms. The predicted octanol–water partition coefficient (Wildman–Crippen LogP) is 2.16. The molecule has 2 rings (SSSR count). The van der Waals surface area contributed by atoms with Gasteiger partial charge in [0.15, 0.2) is 0 Å². The number of methoxy groups -OCH3 is 2. The number of hydrogen-bond acceptors (Lipinski definition) is 5. The van der Waals surface area contributed by atoms with Crippen molar-refractivity contribution in [2.75, 3.05) is 14.2 Å². The Hall–Kier alpha value is -2.14. The van der Waals surface area contributed by atoms with E-state index in [4.69, 9.17) is 15.2 Å². The number of nitrogens with two attached hydrogens (primary N) is 1. The van der Waals surface area contributed by atoms with Crippen LogP contribution in [0.1, 0.15) is 28.4 Å². The maximum Gasteiger partial charge on any atom is 0.240 e. The van der Waals surface area contributed by atoms with Crippen LogP contribution in [0.15, 0.2) is 24.4 Å². The van der Waals surface area contributed by atoms with Gasteiger partial charge in [-0.25, -0.2) is 4.98 Å². The average molecular weight is 273 g/mol. The standard InChI is InChI=1S/C15H19N3O2/c1-9-5-6-10(2)11(7-9)13(16)14-15(20-4)18-12(19-3)8-17-14/h5-8,13H,16H2,1-4H3. The first-order valence-corrected chi connectivity index (χ1v) is 6.34. The van der Waals surface area contributed by atoms with Gasteiger partial charge in [0.1, 0.15) is 5.69 Å². The number of hydrogen-bond donors (Lipinski definition) is 1. The highest BCUT2D eigenvalue weighted by molar-refractivity contribution is 5.40. The van der Waals surface area contributed by atoms with E-state index in [9.17, 15) is 0 Å². The molecule has 0 saturated carbocycles. The van der Waals surface area contributed by atoms with Gasteiger partial charge in [-0.3, -0.25) is 0 Å². The maximum atomic E-state index is 6.33. The number of aryl methyl sites for hydroxylation is 2. The molecule has 106 valence electrons. The fraction of sp³-hybridized carbons (Fsp3) is 0.333. The molecule has 1 heterocycles. The summed E-state index contributed by atoms with van der Waals surface area (Å²) in [6.07, 6.45) is 1.54. The maximum absolute atomic E-state index is 6.33. The van der Waals surface area contributed by atoms with E-state index in [1.807, 2.05) is 19.9 Å². The van der Waals surface area contributed by atoms with E-state index in [0.29, 0.717) is 17.5 Å². The second-order valence-corrected chi connectivity index (χ2v) is 4.64. The van der Waals surface area contributed by atoms with Crippen LogP contribution in [0.3, 0.4) is 0 Å². The van der Waals surface area contributed by atoms with Crippen LogP contribution in [0.4, 0.5) is 0 Å². The molecule has 0 fully saturated rings. The molecule has 5 nitrogen and oxygen atoms in total. The Morgan fingerprint density at radius 1 is 1.15 bits per heavy atom. The van der Waals surface area contributed by atoms with Gasteiger partial charge in [0.2, 0.25) is 11.8 Å². The second-order valence-electron chi connectivity index (χ2n) is 4.64. The number of benzene rings is 1. The molecule has 0 aliphatic carbocycles. The van der Waals surface area contributed by atoms with Crippen LogP contribution < -0.4 is 15.2 Å². The minimum Gasteiger partial charge on any atom is -0.480 e. The van der Waals surface area contributed by atoms with E-state index in [-0.39, 0.29) is 6.04 Å². The van der Waals surface area contributed by atoms with E-state index < -0.39 is 0 Å². The molecule has 1 aromatic carbocycles. The normalized spacial score (nSPS) is 12.1. The fourth-order valence-corrected chi connectivity index (χ4v) is 2.07. The third kappa shape index (κ3) is 2.72. The Kier molecular flexibility index (Phi) is 4.20. The van der Waals surface area contributed by atoms with Crippen LogP contribution in [0.5, 0.6) is 11.8 Å². The summed E-state index contributed by atoms with van der Waals surface area (Å²) in [7, 11) is 3.08. The van der Waals surface area contributed by atoms with Gasteiger partial charge in [-0.2, -0.15) is 4.98 Å². The summed E-state index contributed by atoms with van der Waals surface area (Å²) in [4.78, 5) is 8.55. The van der Waals surface area contributed by atoms with Gasteiger partial charge in [0, 0.05) is 0 Å².